The third-order valence-electron chi connectivity index (χ3n) is 5.29. The first-order valence-electron chi connectivity index (χ1n) is 9.84. The SMILES string of the molecule is COc1cc2c(cc1OCc1ccccc1)CCN(C(=O)c1ccccc1)C2C#N. The average Bonchev–Trinajstić information content (AvgIpc) is 2.82. The van der Waals surface area contributed by atoms with Gasteiger partial charge in [0.25, 0.3) is 5.91 Å². The highest BCUT2D eigenvalue weighted by molar-refractivity contribution is 5.95. The van der Waals surface area contributed by atoms with Crippen LogP contribution in [0.5, 0.6) is 11.5 Å². The van der Waals surface area contributed by atoms with Crippen molar-refractivity contribution in [1.82, 2.24) is 4.90 Å². The van der Waals surface area contributed by atoms with E-state index in [0.717, 1.165) is 16.7 Å². The first-order chi connectivity index (χ1) is 14.7. The molecule has 0 saturated carbocycles. The number of amides is 1. The molecule has 0 bridgehead atoms. The fourth-order valence-corrected chi connectivity index (χ4v) is 3.74. The van der Waals surface area contributed by atoms with Crippen molar-refractivity contribution >= 4 is 5.91 Å². The monoisotopic (exact) mass is 398 g/mol. The van der Waals surface area contributed by atoms with E-state index in [4.69, 9.17) is 9.47 Å². The van der Waals surface area contributed by atoms with Gasteiger partial charge in [0, 0.05) is 12.1 Å². The summed E-state index contributed by atoms with van der Waals surface area (Å²) in [4.78, 5) is 14.6. The molecule has 3 aromatic carbocycles. The highest BCUT2D eigenvalue weighted by atomic mass is 16.5. The van der Waals surface area contributed by atoms with Crippen molar-refractivity contribution in [2.45, 2.75) is 19.1 Å². The third kappa shape index (κ3) is 3.85. The molecule has 0 N–H and O–H groups in total. The van der Waals surface area contributed by atoms with Crippen molar-refractivity contribution < 1.29 is 14.3 Å². The summed E-state index contributed by atoms with van der Waals surface area (Å²) < 4.78 is 11.5. The summed E-state index contributed by atoms with van der Waals surface area (Å²) in [5.74, 6) is 1.05. The van der Waals surface area contributed by atoms with Gasteiger partial charge in [0.15, 0.2) is 11.5 Å². The number of fused-ring (bicyclic) bond motifs is 1. The van der Waals surface area contributed by atoms with Crippen LogP contribution in [0.3, 0.4) is 0 Å². The van der Waals surface area contributed by atoms with E-state index in [1.165, 1.54) is 0 Å². The summed E-state index contributed by atoms with van der Waals surface area (Å²) >= 11 is 0. The zero-order valence-electron chi connectivity index (χ0n) is 16.7. The van der Waals surface area contributed by atoms with Crippen LogP contribution in [0.15, 0.2) is 72.8 Å². The summed E-state index contributed by atoms with van der Waals surface area (Å²) in [5.41, 5.74) is 3.43. The lowest BCUT2D eigenvalue weighted by Crippen LogP contribution is -2.39. The van der Waals surface area contributed by atoms with Crippen molar-refractivity contribution in [3.63, 3.8) is 0 Å². The van der Waals surface area contributed by atoms with E-state index in [2.05, 4.69) is 6.07 Å². The standard InChI is InChI=1S/C25H22N2O3/c1-29-23-15-21-20(14-24(23)30-17-18-8-4-2-5-9-18)12-13-27(22(21)16-26)25(28)19-10-6-3-7-11-19/h2-11,14-15,22H,12-13,17H2,1H3. The van der Waals surface area contributed by atoms with E-state index in [1.54, 1.807) is 24.1 Å². The molecule has 30 heavy (non-hydrogen) atoms. The largest absolute Gasteiger partial charge is 0.493 e. The Hall–Kier alpha value is -3.78. The van der Waals surface area contributed by atoms with Crippen LogP contribution in [-0.4, -0.2) is 24.5 Å². The Morgan fingerprint density at radius 1 is 1.07 bits per heavy atom. The predicted molar refractivity (Wildman–Crippen MR) is 113 cm³/mol. The van der Waals surface area contributed by atoms with Gasteiger partial charge in [0.05, 0.1) is 13.2 Å². The highest BCUT2D eigenvalue weighted by Gasteiger charge is 2.32. The minimum absolute atomic E-state index is 0.142. The molecule has 150 valence electrons. The van der Waals surface area contributed by atoms with Crippen LogP contribution in [0.4, 0.5) is 0 Å². The number of nitrogens with zero attached hydrogens (tertiary/aromatic N) is 2. The predicted octanol–water partition coefficient (Wildman–Crippen LogP) is 4.54. The van der Waals surface area contributed by atoms with Crippen LogP contribution in [0.25, 0.3) is 0 Å². The molecule has 0 fully saturated rings. The first kappa shape index (κ1) is 19.5. The zero-order chi connectivity index (χ0) is 20.9. The Kier molecular flexibility index (Phi) is 5.67. The summed E-state index contributed by atoms with van der Waals surface area (Å²) in [5, 5.41) is 9.87. The number of carbonyl (C=O) groups excluding carboxylic acids is 1. The third-order valence-corrected chi connectivity index (χ3v) is 5.29. The van der Waals surface area contributed by atoms with Gasteiger partial charge in [0.1, 0.15) is 12.6 Å². The van der Waals surface area contributed by atoms with Crippen LogP contribution in [0.1, 0.15) is 33.1 Å². The van der Waals surface area contributed by atoms with Gasteiger partial charge in [-0.15, -0.1) is 0 Å². The molecular formula is C25H22N2O3. The molecule has 0 saturated heterocycles. The lowest BCUT2D eigenvalue weighted by Gasteiger charge is -2.34. The van der Waals surface area contributed by atoms with Gasteiger partial charge in [0.2, 0.25) is 0 Å². The molecule has 1 heterocycles. The van der Waals surface area contributed by atoms with Gasteiger partial charge in [-0.25, -0.2) is 0 Å². The van der Waals surface area contributed by atoms with Crippen molar-refractivity contribution in [3.8, 4) is 17.6 Å². The molecule has 4 rings (SSSR count). The maximum atomic E-state index is 13.0. The second-order valence-electron chi connectivity index (χ2n) is 7.12. The quantitative estimate of drug-likeness (QED) is 0.633. The van der Waals surface area contributed by atoms with Crippen molar-refractivity contribution in [1.29, 1.82) is 5.26 Å². The molecule has 1 amide bonds. The first-order valence-corrected chi connectivity index (χ1v) is 9.84. The second-order valence-corrected chi connectivity index (χ2v) is 7.12. The molecule has 5 heteroatoms. The van der Waals surface area contributed by atoms with Crippen molar-refractivity contribution in [2.24, 2.45) is 0 Å². The number of benzene rings is 3. The highest BCUT2D eigenvalue weighted by Crippen LogP contribution is 2.38. The van der Waals surface area contributed by atoms with E-state index in [9.17, 15) is 10.1 Å². The number of hydrogen-bond acceptors (Lipinski definition) is 4. The Bertz CT molecular complexity index is 1070. The Labute approximate surface area is 176 Å². The molecule has 0 aliphatic carbocycles. The number of methoxy groups -OCH3 is 1. The van der Waals surface area contributed by atoms with Gasteiger partial charge in [-0.1, -0.05) is 48.5 Å². The maximum Gasteiger partial charge on any atom is 0.255 e. The van der Waals surface area contributed by atoms with Crippen LogP contribution in [0, 0.1) is 11.3 Å². The zero-order valence-corrected chi connectivity index (χ0v) is 16.7. The fraction of sp³-hybridized carbons (Fsp3) is 0.200. The molecule has 3 aromatic rings. The van der Waals surface area contributed by atoms with Crippen LogP contribution >= 0.6 is 0 Å². The van der Waals surface area contributed by atoms with Gasteiger partial charge in [-0.3, -0.25) is 4.79 Å². The van der Waals surface area contributed by atoms with Gasteiger partial charge in [-0.05, 0) is 47.4 Å². The summed E-state index contributed by atoms with van der Waals surface area (Å²) in [6.45, 7) is 0.902. The smallest absolute Gasteiger partial charge is 0.255 e. The van der Waals surface area contributed by atoms with Crippen molar-refractivity contribution in [3.05, 3.63) is 95.1 Å². The molecule has 1 aliphatic heterocycles. The van der Waals surface area contributed by atoms with E-state index in [0.29, 0.717) is 36.6 Å². The summed E-state index contributed by atoms with van der Waals surface area (Å²) in [6, 6.07) is 24.4. The average molecular weight is 398 g/mol. The number of ether oxygens (including phenoxy) is 2. The number of nitriles is 1. The molecule has 5 nitrogen and oxygen atoms in total. The van der Waals surface area contributed by atoms with E-state index in [-0.39, 0.29) is 5.91 Å². The van der Waals surface area contributed by atoms with E-state index < -0.39 is 6.04 Å². The normalized spacial score (nSPS) is 15.1. The summed E-state index contributed by atoms with van der Waals surface area (Å²) in [6.07, 6.45) is 0.651. The second kappa shape index (κ2) is 8.71. The fourth-order valence-electron chi connectivity index (χ4n) is 3.74. The number of rotatable bonds is 5. The van der Waals surface area contributed by atoms with Gasteiger partial charge >= 0.3 is 0 Å². The Morgan fingerprint density at radius 2 is 1.77 bits per heavy atom. The molecular weight excluding hydrogens is 376 g/mol. The molecule has 1 unspecified atom stereocenters. The van der Waals surface area contributed by atoms with Gasteiger partial charge in [-0.2, -0.15) is 5.26 Å². The molecule has 0 aromatic heterocycles. The van der Waals surface area contributed by atoms with Gasteiger partial charge < -0.3 is 14.4 Å². The van der Waals surface area contributed by atoms with E-state index >= 15 is 0 Å². The number of hydrogen-bond donors (Lipinski definition) is 0. The van der Waals surface area contributed by atoms with Crippen LogP contribution in [-0.2, 0) is 13.0 Å². The minimum atomic E-state index is -0.668. The lowest BCUT2D eigenvalue weighted by molar-refractivity contribution is 0.0705. The van der Waals surface area contributed by atoms with Crippen molar-refractivity contribution in [2.75, 3.05) is 13.7 Å². The Balaban J connectivity index is 1.62. The molecule has 1 atom stereocenters. The molecule has 0 spiro atoms. The lowest BCUT2D eigenvalue weighted by atomic mass is 9.92. The molecule has 0 radical (unpaired) electrons. The maximum absolute atomic E-state index is 13.0. The van der Waals surface area contributed by atoms with E-state index in [1.807, 2.05) is 60.7 Å². The topological polar surface area (TPSA) is 62.6 Å². The minimum Gasteiger partial charge on any atom is -0.493 e. The Morgan fingerprint density at radius 3 is 2.43 bits per heavy atom. The van der Waals surface area contributed by atoms with Crippen LogP contribution in [0.2, 0.25) is 0 Å². The summed E-state index contributed by atoms with van der Waals surface area (Å²) in [7, 11) is 1.58. The van der Waals surface area contributed by atoms with Crippen LogP contribution < -0.4 is 9.47 Å². The number of carbonyl (C=O) groups is 1. The molecule has 1 aliphatic rings.